The molecule has 0 aromatic carbocycles. The second-order valence-electron chi connectivity index (χ2n) is 7.54. The molecule has 0 amide bonds. The van der Waals surface area contributed by atoms with Gasteiger partial charge < -0.3 is 4.90 Å². The molecule has 1 fully saturated rings. The van der Waals surface area contributed by atoms with Crippen molar-refractivity contribution < 1.29 is 0 Å². The van der Waals surface area contributed by atoms with Gasteiger partial charge in [-0.05, 0) is 65.5 Å². The van der Waals surface area contributed by atoms with E-state index in [4.69, 9.17) is 0 Å². The summed E-state index contributed by atoms with van der Waals surface area (Å²) in [6.45, 7) is 15.6. The summed E-state index contributed by atoms with van der Waals surface area (Å²) in [6, 6.07) is 3.29. The average Bonchev–Trinajstić information content (AvgIpc) is 2.46. The van der Waals surface area contributed by atoms with E-state index in [1.165, 1.54) is 38.8 Å². The van der Waals surface area contributed by atoms with Crippen molar-refractivity contribution in [2.24, 2.45) is 5.41 Å². The van der Waals surface area contributed by atoms with Gasteiger partial charge >= 0.3 is 0 Å². The summed E-state index contributed by atoms with van der Waals surface area (Å²) < 4.78 is 0. The first kappa shape index (κ1) is 18.5. The van der Waals surface area contributed by atoms with Crippen LogP contribution in [0.4, 0.5) is 0 Å². The van der Waals surface area contributed by atoms with E-state index < -0.39 is 5.54 Å². The molecule has 1 rings (SSSR count). The highest BCUT2D eigenvalue weighted by molar-refractivity contribution is 5.06. The Hall–Kier alpha value is -0.590. The predicted molar refractivity (Wildman–Crippen MR) is 90.2 cm³/mol. The molecule has 1 aliphatic heterocycles. The highest BCUT2D eigenvalue weighted by Gasteiger charge is 2.35. The molecule has 1 aliphatic rings. The van der Waals surface area contributed by atoms with Gasteiger partial charge in [-0.2, -0.15) is 5.26 Å². The zero-order valence-electron chi connectivity index (χ0n) is 15.0. The van der Waals surface area contributed by atoms with Gasteiger partial charge in [0, 0.05) is 12.1 Å². The Morgan fingerprint density at radius 2 is 1.71 bits per heavy atom. The molecule has 1 saturated heterocycles. The maximum absolute atomic E-state index is 9.51. The normalized spacial score (nSPS) is 23.5. The second-order valence-corrected chi connectivity index (χ2v) is 7.54. The minimum atomic E-state index is -0.419. The van der Waals surface area contributed by atoms with Crippen LogP contribution < -0.4 is 5.32 Å². The third-order valence-electron chi connectivity index (χ3n) is 5.54. The summed E-state index contributed by atoms with van der Waals surface area (Å²) in [5.74, 6) is 0. The van der Waals surface area contributed by atoms with Crippen LogP contribution in [0.5, 0.6) is 0 Å². The van der Waals surface area contributed by atoms with Crippen LogP contribution in [-0.2, 0) is 0 Å². The molecule has 0 radical (unpaired) electrons. The van der Waals surface area contributed by atoms with Gasteiger partial charge in [0.1, 0.15) is 5.54 Å². The molecule has 0 aromatic rings. The summed E-state index contributed by atoms with van der Waals surface area (Å²) in [6.07, 6.45) is 6.12. The first-order chi connectivity index (χ1) is 9.79. The highest BCUT2D eigenvalue weighted by Crippen LogP contribution is 2.38. The van der Waals surface area contributed by atoms with Gasteiger partial charge in [-0.25, -0.2) is 0 Å². The smallest absolute Gasteiger partial charge is 0.105 e. The summed E-state index contributed by atoms with van der Waals surface area (Å²) in [4.78, 5) is 2.58. The van der Waals surface area contributed by atoms with E-state index >= 15 is 0 Å². The molecule has 2 unspecified atom stereocenters. The molecule has 1 heterocycles. The number of rotatable bonds is 7. The lowest BCUT2D eigenvalue weighted by molar-refractivity contribution is 0.0622. The number of nitrogens with one attached hydrogen (secondary N) is 1. The molecule has 0 spiro atoms. The van der Waals surface area contributed by atoms with E-state index in [9.17, 15) is 5.26 Å². The van der Waals surface area contributed by atoms with Gasteiger partial charge in [-0.1, -0.05) is 26.7 Å². The Kier molecular flexibility index (Phi) is 6.69. The number of hydrogen-bond acceptors (Lipinski definition) is 3. The number of nitriles is 1. The summed E-state index contributed by atoms with van der Waals surface area (Å²) >= 11 is 0. The van der Waals surface area contributed by atoms with Gasteiger partial charge in [0.2, 0.25) is 0 Å². The molecule has 3 nitrogen and oxygen atoms in total. The quantitative estimate of drug-likeness (QED) is 0.772. The molecule has 2 atom stereocenters. The molecule has 0 aromatic heterocycles. The highest BCUT2D eigenvalue weighted by atomic mass is 15.2. The zero-order valence-corrected chi connectivity index (χ0v) is 15.0. The standard InChI is InChI=1S/C18H35N3/c1-7-18(8-2)9-11-21(12-10-18)16(5)13-17(6,14-19)20-15(3)4/h15-16,20H,7-13H2,1-6H3. The Morgan fingerprint density at radius 1 is 1.19 bits per heavy atom. The van der Waals surface area contributed by atoms with Crippen LogP contribution >= 0.6 is 0 Å². The second kappa shape index (κ2) is 7.61. The van der Waals surface area contributed by atoms with Crippen molar-refractivity contribution in [1.29, 1.82) is 5.26 Å². The first-order valence-electron chi connectivity index (χ1n) is 8.73. The van der Waals surface area contributed by atoms with Crippen molar-refractivity contribution in [3.05, 3.63) is 0 Å². The van der Waals surface area contributed by atoms with Crippen LogP contribution in [0.15, 0.2) is 0 Å². The number of likely N-dealkylation sites (tertiary alicyclic amines) is 1. The molecular formula is C18H35N3. The van der Waals surface area contributed by atoms with E-state index in [0.717, 1.165) is 6.42 Å². The third-order valence-corrected chi connectivity index (χ3v) is 5.54. The van der Waals surface area contributed by atoms with E-state index in [0.29, 0.717) is 17.5 Å². The Morgan fingerprint density at radius 3 is 2.10 bits per heavy atom. The molecule has 3 heteroatoms. The van der Waals surface area contributed by atoms with Crippen molar-refractivity contribution in [2.75, 3.05) is 13.1 Å². The molecule has 21 heavy (non-hydrogen) atoms. The fourth-order valence-corrected chi connectivity index (χ4v) is 3.89. The predicted octanol–water partition coefficient (Wildman–Crippen LogP) is 3.95. The largest absolute Gasteiger partial charge is 0.301 e. The minimum absolute atomic E-state index is 0.344. The lowest BCUT2D eigenvalue weighted by Gasteiger charge is -2.44. The van der Waals surface area contributed by atoms with Crippen LogP contribution in [0.1, 0.15) is 73.6 Å². The Balaban J connectivity index is 2.58. The molecule has 1 N–H and O–H groups in total. The summed E-state index contributed by atoms with van der Waals surface area (Å²) in [5.41, 5.74) is 0.155. The fourth-order valence-electron chi connectivity index (χ4n) is 3.89. The fraction of sp³-hybridized carbons (Fsp3) is 0.944. The van der Waals surface area contributed by atoms with Crippen LogP contribution in [0.2, 0.25) is 0 Å². The maximum atomic E-state index is 9.51. The van der Waals surface area contributed by atoms with E-state index in [1.807, 2.05) is 6.92 Å². The lowest BCUT2D eigenvalue weighted by atomic mass is 9.74. The Bertz CT molecular complexity index is 344. The molecule has 0 bridgehead atoms. The molecule has 0 aliphatic carbocycles. The summed E-state index contributed by atoms with van der Waals surface area (Å²) in [7, 11) is 0. The Labute approximate surface area is 132 Å². The van der Waals surface area contributed by atoms with Crippen LogP contribution in [0.25, 0.3) is 0 Å². The zero-order chi connectivity index (χ0) is 16.1. The van der Waals surface area contributed by atoms with E-state index in [-0.39, 0.29) is 0 Å². The van der Waals surface area contributed by atoms with Crippen molar-refractivity contribution in [3.8, 4) is 6.07 Å². The number of piperidine rings is 1. The minimum Gasteiger partial charge on any atom is -0.301 e. The van der Waals surface area contributed by atoms with Gasteiger partial charge in [-0.3, -0.25) is 5.32 Å². The van der Waals surface area contributed by atoms with Crippen molar-refractivity contribution in [1.82, 2.24) is 10.2 Å². The van der Waals surface area contributed by atoms with E-state index in [2.05, 4.69) is 50.9 Å². The lowest BCUT2D eigenvalue weighted by Crippen LogP contribution is -2.51. The monoisotopic (exact) mass is 293 g/mol. The SMILES string of the molecule is CCC1(CC)CCN(C(C)CC(C)(C#N)NC(C)C)CC1. The van der Waals surface area contributed by atoms with Gasteiger partial charge in [-0.15, -0.1) is 0 Å². The maximum Gasteiger partial charge on any atom is 0.105 e. The van der Waals surface area contributed by atoms with E-state index in [1.54, 1.807) is 0 Å². The average molecular weight is 293 g/mol. The third kappa shape index (κ3) is 4.97. The van der Waals surface area contributed by atoms with Crippen LogP contribution in [0, 0.1) is 16.7 Å². The molecular weight excluding hydrogens is 258 g/mol. The van der Waals surface area contributed by atoms with Crippen molar-refractivity contribution in [3.63, 3.8) is 0 Å². The van der Waals surface area contributed by atoms with Crippen LogP contribution in [0.3, 0.4) is 0 Å². The van der Waals surface area contributed by atoms with Crippen molar-refractivity contribution >= 4 is 0 Å². The molecule has 122 valence electrons. The first-order valence-corrected chi connectivity index (χ1v) is 8.73. The van der Waals surface area contributed by atoms with Gasteiger partial charge in [0.05, 0.1) is 6.07 Å². The van der Waals surface area contributed by atoms with Gasteiger partial charge in [0.25, 0.3) is 0 Å². The molecule has 0 saturated carbocycles. The number of nitrogens with zero attached hydrogens (tertiary/aromatic N) is 2. The number of hydrogen-bond donors (Lipinski definition) is 1. The van der Waals surface area contributed by atoms with Crippen molar-refractivity contribution in [2.45, 2.75) is 91.3 Å². The van der Waals surface area contributed by atoms with Crippen LogP contribution in [-0.4, -0.2) is 35.6 Å². The summed E-state index contributed by atoms with van der Waals surface area (Å²) in [5, 5.41) is 12.9. The van der Waals surface area contributed by atoms with Gasteiger partial charge in [0.15, 0.2) is 0 Å². The topological polar surface area (TPSA) is 39.1 Å².